The van der Waals surface area contributed by atoms with Crippen LogP contribution in [-0.2, 0) is 44.8 Å². The van der Waals surface area contributed by atoms with E-state index in [1.54, 1.807) is 44.3 Å². The molecule has 0 saturated carbocycles. The van der Waals surface area contributed by atoms with Crippen molar-refractivity contribution in [2.75, 3.05) is 52.9 Å². The number of likely N-dealkylation sites (N-methyl/N-ethyl adjacent to an activating group) is 1. The van der Waals surface area contributed by atoms with E-state index in [4.69, 9.17) is 17.2 Å². The van der Waals surface area contributed by atoms with Crippen LogP contribution in [0.3, 0.4) is 0 Å². The van der Waals surface area contributed by atoms with Crippen LogP contribution in [0.4, 0.5) is 0 Å². The monoisotopic (exact) mass is 1080 g/mol. The van der Waals surface area contributed by atoms with Gasteiger partial charge in [0.15, 0.2) is 5.96 Å². The average Bonchev–Trinajstić information content (AvgIpc) is 3.43. The highest BCUT2D eigenvalue weighted by atomic mass is 16.2. The van der Waals surface area contributed by atoms with Crippen molar-refractivity contribution >= 4 is 53.6 Å². The number of allylic oxidation sites excluding steroid dienone is 3. The largest absolute Gasteiger partial charge is 0.402 e. The fraction of sp³-hybridized carbons (Fsp3) is 0.561. The summed E-state index contributed by atoms with van der Waals surface area (Å²) in [7, 11) is 1.58. The number of hydrogen-bond donors (Lipinski definition) is 11. The maximum atomic E-state index is 12.7. The summed E-state index contributed by atoms with van der Waals surface area (Å²) in [5.41, 5.74) is 20.4. The number of hydrogen-bond acceptors (Lipinski definition) is 11. The third-order valence-electron chi connectivity index (χ3n) is 9.78. The van der Waals surface area contributed by atoms with Gasteiger partial charge in [-0.15, -0.1) is 6.58 Å². The Morgan fingerprint density at radius 2 is 1.03 bits per heavy atom. The van der Waals surface area contributed by atoms with Crippen LogP contribution in [0.5, 0.6) is 0 Å². The Morgan fingerprint density at radius 1 is 0.610 bits per heavy atom. The molecule has 0 aromatic heterocycles. The van der Waals surface area contributed by atoms with E-state index in [1.165, 1.54) is 24.0 Å². The van der Waals surface area contributed by atoms with E-state index in [9.17, 15) is 38.4 Å². The molecule has 7 amide bonds. The number of benzene rings is 2. The zero-order valence-electron chi connectivity index (χ0n) is 49.9. The van der Waals surface area contributed by atoms with E-state index in [0.717, 1.165) is 29.2 Å². The second-order valence-electron chi connectivity index (χ2n) is 16.2. The molecule has 77 heavy (non-hydrogen) atoms. The predicted molar refractivity (Wildman–Crippen MR) is 317 cm³/mol. The van der Waals surface area contributed by atoms with Crippen LogP contribution in [0.1, 0.15) is 140 Å². The normalized spacial score (nSPS) is 10.4. The molecule has 2 aromatic carbocycles. The number of guanidine groups is 1. The van der Waals surface area contributed by atoms with Gasteiger partial charge in [-0.25, -0.2) is 0 Å². The molecule has 0 spiro atoms. The molecule has 2 rings (SSSR count). The maximum Gasteiger partial charge on any atom is 0.243 e. The first kappa shape index (κ1) is 81.3. The van der Waals surface area contributed by atoms with E-state index in [1.807, 2.05) is 73.6 Å². The lowest BCUT2D eigenvalue weighted by Crippen LogP contribution is -2.53. The Morgan fingerprint density at radius 3 is 1.35 bits per heavy atom. The summed E-state index contributed by atoms with van der Waals surface area (Å²) in [4.78, 5) is 100. The fourth-order valence-corrected chi connectivity index (χ4v) is 4.94. The molecule has 0 radical (unpaired) electrons. The molecule has 440 valence electrons. The van der Waals surface area contributed by atoms with E-state index < -0.39 is 73.1 Å². The van der Waals surface area contributed by atoms with Crippen molar-refractivity contribution in [1.29, 1.82) is 0 Å². The quantitative estimate of drug-likeness (QED) is 0.0271. The standard InChI is InChI=1S/C29H42N8O8.C7H8.C6H13N.C6H14.C3H9N3.3C2H6/c1-19(2)9-10-21(36-26(42)17-32-23(39)14-30-3)28(44)34-16-25(41)33-18-27(43)37-22(13-20-7-5-4-6-8-20)29(45)35-15-24(40)31-11-12-38;1-7-5-3-2-4-6-7;1-4-5(2)6(3)7;1-4-6(3)5-2;1-2-6-3(4)5;3*1-2/h4-8,12,21-22,30H,1,9-11,13-18H2,2-3H3,(H,31,40)(H,32,39)(H,33,41)(H,34,44)(H,35,45)(H,36,42)(H,37,43);2-6H,1H3;4,7H2,1-3H3;6H,4-5H2,1-3H3;2H2,1H3,(H4,4,5,6);3*1-2H3/b;;6-5+;;;;;. The highest BCUT2D eigenvalue weighted by Crippen LogP contribution is 2.06. The third kappa shape index (κ3) is 56.5. The zero-order chi connectivity index (χ0) is 60.6. The van der Waals surface area contributed by atoms with Crippen LogP contribution in [0.2, 0.25) is 0 Å². The molecular formula is C57H104N12O8. The van der Waals surface area contributed by atoms with Gasteiger partial charge in [-0.2, -0.15) is 0 Å². The predicted octanol–water partition coefficient (Wildman–Crippen LogP) is 5.00. The average molecular weight is 1090 g/mol. The second-order valence-corrected chi connectivity index (χ2v) is 16.2. The van der Waals surface area contributed by atoms with Crippen LogP contribution in [0.15, 0.2) is 89.1 Å². The molecule has 20 heteroatoms. The van der Waals surface area contributed by atoms with E-state index in [-0.39, 0.29) is 38.4 Å². The molecule has 0 bridgehead atoms. The molecule has 0 aliphatic heterocycles. The van der Waals surface area contributed by atoms with Gasteiger partial charge in [-0.1, -0.05) is 159 Å². The van der Waals surface area contributed by atoms with Crippen molar-refractivity contribution < 1.29 is 38.4 Å². The lowest BCUT2D eigenvalue weighted by Gasteiger charge is -2.19. The van der Waals surface area contributed by atoms with E-state index in [0.29, 0.717) is 19.3 Å². The molecule has 0 heterocycles. The Balaban J connectivity index is -0.000000315. The van der Waals surface area contributed by atoms with Crippen molar-refractivity contribution in [2.45, 2.75) is 154 Å². The Labute approximate surface area is 463 Å². The number of nitrogens with two attached hydrogens (primary N) is 3. The summed E-state index contributed by atoms with van der Waals surface area (Å²) in [5, 5.41) is 19.5. The summed E-state index contributed by atoms with van der Waals surface area (Å²) in [6, 6.07) is 17.0. The minimum Gasteiger partial charge on any atom is -0.402 e. The molecule has 2 aromatic rings. The molecule has 2 atom stereocenters. The Bertz CT molecular complexity index is 1920. The van der Waals surface area contributed by atoms with Gasteiger partial charge in [0.2, 0.25) is 41.4 Å². The zero-order valence-corrected chi connectivity index (χ0v) is 49.9. The lowest BCUT2D eigenvalue weighted by molar-refractivity contribution is -0.132. The number of amides is 7. The van der Waals surface area contributed by atoms with Crippen LogP contribution in [-0.4, -0.2) is 119 Å². The van der Waals surface area contributed by atoms with E-state index in [2.05, 4.69) is 108 Å². The number of aliphatic imine (C=N–C) groups is 1. The van der Waals surface area contributed by atoms with Crippen molar-refractivity contribution in [1.82, 2.24) is 42.5 Å². The van der Waals surface area contributed by atoms with Crippen LogP contribution in [0.25, 0.3) is 0 Å². The first-order chi connectivity index (χ1) is 36.6. The molecule has 0 aliphatic carbocycles. The van der Waals surface area contributed by atoms with Crippen LogP contribution in [0, 0.1) is 12.8 Å². The molecule has 0 aliphatic rings. The summed E-state index contributed by atoms with van der Waals surface area (Å²) in [6.07, 6.45) is 4.93. The van der Waals surface area contributed by atoms with Crippen LogP contribution >= 0.6 is 0 Å². The minimum absolute atomic E-state index is 0.0169. The van der Waals surface area contributed by atoms with Gasteiger partial charge in [-0.3, -0.25) is 38.6 Å². The number of rotatable bonds is 25. The number of nitrogens with one attached hydrogen (secondary N) is 8. The number of nitrogens with zero attached hydrogens (tertiary/aromatic N) is 1. The molecule has 20 nitrogen and oxygen atoms in total. The van der Waals surface area contributed by atoms with Crippen molar-refractivity contribution in [3.05, 3.63) is 95.2 Å². The number of carbonyl (C=O) groups is 8. The summed E-state index contributed by atoms with van der Waals surface area (Å²) in [5.74, 6) is -3.21. The number of aryl methyl sites for hydroxylation is 1. The van der Waals surface area contributed by atoms with Gasteiger partial charge in [0, 0.05) is 18.7 Å². The molecule has 0 saturated heterocycles. The Hall–Kier alpha value is -7.09. The first-order valence-electron chi connectivity index (χ1n) is 26.8. The van der Waals surface area contributed by atoms with Crippen molar-refractivity contribution in [3.63, 3.8) is 0 Å². The van der Waals surface area contributed by atoms with Crippen LogP contribution < -0.4 is 59.7 Å². The molecule has 0 fully saturated rings. The maximum absolute atomic E-state index is 12.7. The summed E-state index contributed by atoms with van der Waals surface area (Å²) < 4.78 is 0. The van der Waals surface area contributed by atoms with E-state index >= 15 is 0 Å². The van der Waals surface area contributed by atoms with Crippen molar-refractivity contribution in [3.8, 4) is 0 Å². The topological polar surface area (TPSA) is 323 Å². The smallest absolute Gasteiger partial charge is 0.243 e. The molecule has 14 N–H and O–H groups in total. The minimum atomic E-state index is -1.09. The van der Waals surface area contributed by atoms with Gasteiger partial charge >= 0.3 is 0 Å². The van der Waals surface area contributed by atoms with Gasteiger partial charge in [0.1, 0.15) is 18.4 Å². The molecular weight excluding hydrogens is 981 g/mol. The van der Waals surface area contributed by atoms with Gasteiger partial charge in [-0.05, 0) is 72.4 Å². The lowest BCUT2D eigenvalue weighted by atomic mass is 10.1. The summed E-state index contributed by atoms with van der Waals surface area (Å²) >= 11 is 0. The highest BCUT2D eigenvalue weighted by molar-refractivity contribution is 5.94. The third-order valence-corrected chi connectivity index (χ3v) is 9.78. The van der Waals surface area contributed by atoms with Gasteiger partial charge < -0.3 is 64.5 Å². The van der Waals surface area contributed by atoms with Crippen molar-refractivity contribution in [2.24, 2.45) is 28.1 Å². The fourth-order valence-electron chi connectivity index (χ4n) is 4.94. The SMILES string of the molecule is C=C(C)CCC(NC(=O)CNC(=O)CNC)C(=O)NCC(=O)NCC(=O)NC(Cc1ccccc1)C(=O)NCC(=O)NCC=O.CC.CC.CC.CC/C(C)=C(\C)N.CCC(C)CC.CCN=C(N)N.Cc1ccccc1. The first-order valence-corrected chi connectivity index (χ1v) is 26.8. The second kappa shape index (κ2) is 58.2. The summed E-state index contributed by atoms with van der Waals surface area (Å²) in [6.45, 7) is 33.0. The number of aldehydes is 1. The molecule has 2 unspecified atom stereocenters. The van der Waals surface area contributed by atoms with Gasteiger partial charge in [0.25, 0.3) is 0 Å². The van der Waals surface area contributed by atoms with Gasteiger partial charge in [0.05, 0.1) is 39.3 Å². The number of carbonyl (C=O) groups excluding carboxylic acids is 8. The highest BCUT2D eigenvalue weighted by Gasteiger charge is 2.24. The Kier molecular flexibility index (Phi) is 61.4.